The lowest BCUT2D eigenvalue weighted by atomic mass is 10.1. The van der Waals surface area contributed by atoms with Gasteiger partial charge in [-0.3, -0.25) is 4.99 Å². The third kappa shape index (κ3) is 7.81. The Bertz CT molecular complexity index is 572. The minimum Gasteiger partial charge on any atom is -0.493 e. The van der Waals surface area contributed by atoms with Crippen molar-refractivity contribution in [2.24, 2.45) is 10.9 Å². The molecule has 142 valence electrons. The van der Waals surface area contributed by atoms with Crippen molar-refractivity contribution in [2.75, 3.05) is 27.3 Å². The minimum atomic E-state index is -0.236. The van der Waals surface area contributed by atoms with Crippen LogP contribution < -0.4 is 15.4 Å². The topological polar surface area (TPSA) is 54.9 Å². The molecule has 25 heavy (non-hydrogen) atoms. The number of aliphatic imine (C=N–C) groups is 1. The Labute approximate surface area is 169 Å². The van der Waals surface area contributed by atoms with Crippen LogP contribution in [0, 0.1) is 12.8 Å². The fourth-order valence-corrected chi connectivity index (χ4v) is 2.20. The van der Waals surface area contributed by atoms with Gasteiger partial charge < -0.3 is 20.1 Å². The van der Waals surface area contributed by atoms with Crippen LogP contribution in [0.25, 0.3) is 0 Å². The van der Waals surface area contributed by atoms with Crippen molar-refractivity contribution in [1.29, 1.82) is 0 Å². The summed E-state index contributed by atoms with van der Waals surface area (Å²) in [6, 6.07) is 6.35. The summed E-state index contributed by atoms with van der Waals surface area (Å²) in [6.07, 6.45) is 2.59. The maximum Gasteiger partial charge on any atom is 0.191 e. The minimum absolute atomic E-state index is 0. The first kappa shape index (κ1) is 22.0. The average Bonchev–Trinajstić information content (AvgIpc) is 3.38. The van der Waals surface area contributed by atoms with Gasteiger partial charge in [-0.2, -0.15) is 0 Å². The largest absolute Gasteiger partial charge is 0.493 e. The lowest BCUT2D eigenvalue weighted by Crippen LogP contribution is -2.45. The second-order valence-electron chi connectivity index (χ2n) is 7.11. The number of nitrogens with zero attached hydrogens (tertiary/aromatic N) is 1. The molecular formula is C19H32IN3O2. The van der Waals surface area contributed by atoms with Gasteiger partial charge in [-0.25, -0.2) is 0 Å². The van der Waals surface area contributed by atoms with Gasteiger partial charge in [0.15, 0.2) is 5.96 Å². The summed E-state index contributed by atoms with van der Waals surface area (Å²) in [5.74, 6) is 2.48. The number of ether oxygens (including phenoxy) is 2. The van der Waals surface area contributed by atoms with Gasteiger partial charge in [-0.1, -0.05) is 12.1 Å². The maximum absolute atomic E-state index is 6.02. The molecule has 0 heterocycles. The molecule has 5 nitrogen and oxygen atoms in total. The number of hydrogen-bond acceptors (Lipinski definition) is 3. The van der Waals surface area contributed by atoms with Crippen molar-refractivity contribution in [2.45, 2.75) is 45.8 Å². The van der Waals surface area contributed by atoms with Crippen molar-refractivity contribution >= 4 is 29.9 Å². The van der Waals surface area contributed by atoms with Gasteiger partial charge in [0.05, 0.1) is 12.2 Å². The highest BCUT2D eigenvalue weighted by Crippen LogP contribution is 2.30. The molecule has 0 aliphatic heterocycles. The Morgan fingerprint density at radius 3 is 2.60 bits per heavy atom. The molecule has 0 amide bonds. The zero-order valence-electron chi connectivity index (χ0n) is 16.0. The molecule has 1 aliphatic rings. The molecule has 1 aromatic carbocycles. The van der Waals surface area contributed by atoms with E-state index < -0.39 is 0 Å². The third-order valence-electron chi connectivity index (χ3n) is 4.30. The van der Waals surface area contributed by atoms with E-state index in [9.17, 15) is 0 Å². The number of guanidine groups is 1. The van der Waals surface area contributed by atoms with E-state index in [1.54, 1.807) is 14.2 Å². The Balaban J connectivity index is 0.00000312. The summed E-state index contributed by atoms with van der Waals surface area (Å²) in [5, 5.41) is 6.64. The van der Waals surface area contributed by atoms with Crippen LogP contribution in [-0.4, -0.2) is 38.9 Å². The first-order chi connectivity index (χ1) is 11.4. The number of methoxy groups -OCH3 is 1. The van der Waals surface area contributed by atoms with E-state index in [2.05, 4.69) is 40.7 Å². The number of aryl methyl sites for hydroxylation is 1. The Morgan fingerprint density at radius 1 is 1.28 bits per heavy atom. The second-order valence-corrected chi connectivity index (χ2v) is 7.11. The summed E-state index contributed by atoms with van der Waals surface area (Å²) in [5.41, 5.74) is 2.13. The normalized spacial score (nSPS) is 14.7. The predicted molar refractivity (Wildman–Crippen MR) is 114 cm³/mol. The van der Waals surface area contributed by atoms with E-state index in [1.807, 2.05) is 13.8 Å². The van der Waals surface area contributed by atoms with Gasteiger partial charge in [0.2, 0.25) is 0 Å². The van der Waals surface area contributed by atoms with Crippen molar-refractivity contribution in [3.63, 3.8) is 0 Å². The van der Waals surface area contributed by atoms with Gasteiger partial charge >= 0.3 is 0 Å². The summed E-state index contributed by atoms with van der Waals surface area (Å²) in [4.78, 5) is 4.27. The lowest BCUT2D eigenvalue weighted by Gasteiger charge is -2.24. The smallest absolute Gasteiger partial charge is 0.191 e. The number of rotatable bonds is 8. The van der Waals surface area contributed by atoms with Crippen LogP contribution in [0.1, 0.15) is 37.8 Å². The van der Waals surface area contributed by atoms with Gasteiger partial charge in [0, 0.05) is 32.8 Å². The van der Waals surface area contributed by atoms with Gasteiger partial charge in [0.1, 0.15) is 5.75 Å². The second kappa shape index (κ2) is 10.2. The van der Waals surface area contributed by atoms with Gasteiger partial charge in [0.25, 0.3) is 0 Å². The van der Waals surface area contributed by atoms with Crippen LogP contribution >= 0.6 is 24.0 Å². The molecule has 6 heteroatoms. The molecule has 0 aromatic heterocycles. The number of halogens is 1. The Morgan fingerprint density at radius 2 is 2.00 bits per heavy atom. The Hall–Kier alpha value is -1.02. The molecule has 0 radical (unpaired) electrons. The van der Waals surface area contributed by atoms with Gasteiger partial charge in [-0.15, -0.1) is 24.0 Å². The van der Waals surface area contributed by atoms with E-state index in [1.165, 1.54) is 18.4 Å². The molecule has 0 unspecified atom stereocenters. The summed E-state index contributed by atoms with van der Waals surface area (Å²) < 4.78 is 11.4. The van der Waals surface area contributed by atoms with Crippen LogP contribution in [0.5, 0.6) is 5.75 Å². The van der Waals surface area contributed by atoms with Crippen LogP contribution in [-0.2, 0) is 11.3 Å². The number of nitrogens with one attached hydrogen (secondary N) is 2. The molecule has 1 fully saturated rings. The summed E-state index contributed by atoms with van der Waals surface area (Å²) in [7, 11) is 3.49. The van der Waals surface area contributed by atoms with E-state index in [0.29, 0.717) is 13.1 Å². The standard InChI is InChI=1S/C19H31N3O2.HI/c1-14-6-9-16(17(10-14)24-12-15-7-8-15)11-21-18(20-4)22-13-19(2,3)23-5;/h6,9-10,15H,7-8,11-13H2,1-5H3,(H2,20,21,22);1H. The molecule has 1 saturated carbocycles. The molecule has 0 atom stereocenters. The summed E-state index contributed by atoms with van der Waals surface area (Å²) >= 11 is 0. The lowest BCUT2D eigenvalue weighted by molar-refractivity contribution is 0.0268. The van der Waals surface area contributed by atoms with Crippen molar-refractivity contribution < 1.29 is 9.47 Å². The molecule has 1 aliphatic carbocycles. The van der Waals surface area contributed by atoms with Crippen molar-refractivity contribution in [3.05, 3.63) is 29.3 Å². The fraction of sp³-hybridized carbons (Fsp3) is 0.632. The van der Waals surface area contributed by atoms with Gasteiger partial charge in [-0.05, 0) is 51.2 Å². The van der Waals surface area contributed by atoms with Crippen molar-refractivity contribution in [3.8, 4) is 5.75 Å². The van der Waals surface area contributed by atoms with Crippen LogP contribution in [0.4, 0.5) is 0 Å². The van der Waals surface area contributed by atoms with E-state index in [4.69, 9.17) is 9.47 Å². The van der Waals surface area contributed by atoms with E-state index >= 15 is 0 Å². The van der Waals surface area contributed by atoms with E-state index in [-0.39, 0.29) is 29.6 Å². The highest BCUT2D eigenvalue weighted by molar-refractivity contribution is 14.0. The highest BCUT2D eigenvalue weighted by atomic mass is 127. The van der Waals surface area contributed by atoms with Crippen LogP contribution in [0.3, 0.4) is 0 Å². The third-order valence-corrected chi connectivity index (χ3v) is 4.30. The highest BCUT2D eigenvalue weighted by Gasteiger charge is 2.22. The first-order valence-electron chi connectivity index (χ1n) is 8.65. The molecule has 1 aromatic rings. The number of hydrogen-bond donors (Lipinski definition) is 2. The molecule has 0 saturated heterocycles. The Kier molecular flexibility index (Phi) is 8.99. The molecule has 2 rings (SSSR count). The molecule has 0 spiro atoms. The molecular weight excluding hydrogens is 429 g/mol. The quantitative estimate of drug-likeness (QED) is 0.354. The van der Waals surface area contributed by atoms with Crippen LogP contribution in [0.2, 0.25) is 0 Å². The predicted octanol–water partition coefficient (Wildman–Crippen LogP) is 3.49. The fourth-order valence-electron chi connectivity index (χ4n) is 2.20. The van der Waals surface area contributed by atoms with Crippen LogP contribution in [0.15, 0.2) is 23.2 Å². The zero-order chi connectivity index (χ0) is 17.6. The van der Waals surface area contributed by atoms with Crippen molar-refractivity contribution in [1.82, 2.24) is 10.6 Å². The first-order valence-corrected chi connectivity index (χ1v) is 8.65. The average molecular weight is 461 g/mol. The molecule has 0 bridgehead atoms. The summed E-state index contributed by atoms with van der Waals surface area (Å²) in [6.45, 7) is 8.35. The zero-order valence-corrected chi connectivity index (χ0v) is 18.3. The SMILES string of the molecule is CN=C(NCc1ccc(C)cc1OCC1CC1)NCC(C)(C)OC.I. The maximum atomic E-state index is 6.02. The molecule has 2 N–H and O–H groups in total. The monoisotopic (exact) mass is 461 g/mol. The number of benzene rings is 1. The van der Waals surface area contributed by atoms with E-state index in [0.717, 1.165) is 29.8 Å².